The molecule has 0 aromatic heterocycles. The topological polar surface area (TPSA) is 148 Å². The lowest BCUT2D eigenvalue weighted by molar-refractivity contribution is -0.143. The van der Waals surface area contributed by atoms with Crippen LogP contribution in [0.4, 0.5) is 9.59 Å². The Hall–Kier alpha value is -5.00. The first-order chi connectivity index (χ1) is 24.8. The van der Waals surface area contributed by atoms with Crippen LogP contribution in [0.2, 0.25) is 0 Å². The van der Waals surface area contributed by atoms with Crippen molar-refractivity contribution in [1.82, 2.24) is 10.6 Å². The normalized spacial score (nSPS) is 13.0. The van der Waals surface area contributed by atoms with Gasteiger partial charge >= 0.3 is 24.1 Å². The zero-order valence-corrected chi connectivity index (χ0v) is 32.6. The molecule has 0 saturated heterocycles. The zero-order valence-electron chi connectivity index (χ0n) is 32.6. The molecule has 53 heavy (non-hydrogen) atoms. The van der Waals surface area contributed by atoms with Gasteiger partial charge in [-0.3, -0.25) is 0 Å². The number of carbonyl (C=O) groups is 4. The maximum atomic E-state index is 12.9. The van der Waals surface area contributed by atoms with Crippen LogP contribution in [0.15, 0.2) is 78.9 Å². The lowest BCUT2D eigenvalue weighted by Crippen LogP contribution is -2.40. The quantitative estimate of drug-likeness (QED) is 0.0759. The number of hydrogen-bond acceptors (Lipinski definition) is 10. The number of rotatable bonds is 21. The number of esters is 2. The van der Waals surface area contributed by atoms with Crippen molar-refractivity contribution in [2.45, 2.75) is 85.9 Å². The van der Waals surface area contributed by atoms with Gasteiger partial charge in [-0.2, -0.15) is 0 Å². The zero-order chi connectivity index (χ0) is 39.6. The van der Waals surface area contributed by atoms with Crippen molar-refractivity contribution in [3.63, 3.8) is 0 Å². The Morgan fingerprint density at radius 3 is 1.62 bits per heavy atom. The Morgan fingerprint density at radius 2 is 1.15 bits per heavy atom. The number of amides is 2. The van der Waals surface area contributed by atoms with E-state index in [4.69, 9.17) is 28.4 Å². The summed E-state index contributed by atoms with van der Waals surface area (Å²) >= 11 is 0. The summed E-state index contributed by atoms with van der Waals surface area (Å²) < 4.78 is 33.1. The average Bonchev–Trinajstić information content (AvgIpc) is 3.09. The highest BCUT2D eigenvalue weighted by atomic mass is 16.6. The highest BCUT2D eigenvalue weighted by molar-refractivity contribution is 5.87. The van der Waals surface area contributed by atoms with Crippen LogP contribution in [-0.4, -0.2) is 75.9 Å². The van der Waals surface area contributed by atoms with Crippen LogP contribution in [0.5, 0.6) is 11.5 Å². The lowest BCUT2D eigenvalue weighted by atomic mass is 9.82. The molecule has 2 N–H and O–H groups in total. The van der Waals surface area contributed by atoms with Gasteiger partial charge in [0.25, 0.3) is 0 Å². The summed E-state index contributed by atoms with van der Waals surface area (Å²) in [6, 6.07) is 16.7. The van der Waals surface area contributed by atoms with Crippen LogP contribution in [0.25, 0.3) is 0 Å². The van der Waals surface area contributed by atoms with Gasteiger partial charge in [-0.25, -0.2) is 19.2 Å². The SMILES string of the molecule is C=C(C)C(=O)OCC(COc1ccccc1)OC(=O)NCCC(C)CC(C)(C)CNC(=O)OC(COC(=O)C(=C)C)COc1ccc(C(C)(C)C)cc1. The van der Waals surface area contributed by atoms with Gasteiger partial charge in [-0.1, -0.05) is 85.0 Å². The Labute approximate surface area is 314 Å². The maximum absolute atomic E-state index is 12.9. The Morgan fingerprint density at radius 1 is 0.679 bits per heavy atom. The second kappa shape index (κ2) is 21.5. The molecule has 12 heteroatoms. The predicted octanol–water partition coefficient (Wildman–Crippen LogP) is 7.31. The maximum Gasteiger partial charge on any atom is 0.407 e. The highest BCUT2D eigenvalue weighted by Crippen LogP contribution is 2.27. The van der Waals surface area contributed by atoms with Crippen LogP contribution in [0.3, 0.4) is 0 Å². The molecule has 2 aromatic rings. The van der Waals surface area contributed by atoms with E-state index in [0.717, 1.165) is 12.0 Å². The minimum absolute atomic E-state index is 0.0103. The van der Waals surface area contributed by atoms with E-state index in [9.17, 15) is 19.2 Å². The minimum Gasteiger partial charge on any atom is -0.490 e. The minimum atomic E-state index is -0.865. The van der Waals surface area contributed by atoms with Gasteiger partial charge in [0.15, 0.2) is 12.2 Å². The van der Waals surface area contributed by atoms with E-state index in [0.29, 0.717) is 31.0 Å². The van der Waals surface area contributed by atoms with Crippen molar-refractivity contribution in [2.75, 3.05) is 39.5 Å². The standard InChI is InChI=1S/C41H58N2O10/c1-28(2)36(44)50-25-34(23-48-32-14-12-11-13-15-32)52-38(46)42-21-20-30(5)22-41(9,10)27-43-39(47)53-35(26-51-37(45)29(3)4)24-49-33-18-16-31(17-19-33)40(6,7)8/h11-19,30,34-35H,1,3,20-27H2,2,4-10H3,(H,42,46)(H,43,47). The average molecular weight is 739 g/mol. The summed E-state index contributed by atoms with van der Waals surface area (Å²) in [5, 5.41) is 5.57. The van der Waals surface area contributed by atoms with E-state index in [1.807, 2.05) is 56.3 Å². The number of ether oxygens (including phenoxy) is 6. The van der Waals surface area contributed by atoms with Crippen LogP contribution >= 0.6 is 0 Å². The second-order valence-electron chi connectivity index (χ2n) is 15.1. The van der Waals surface area contributed by atoms with Gasteiger partial charge in [0, 0.05) is 24.2 Å². The van der Waals surface area contributed by atoms with Crippen molar-refractivity contribution in [3.8, 4) is 11.5 Å². The number of para-hydroxylation sites is 1. The third kappa shape index (κ3) is 18.4. The molecule has 12 nitrogen and oxygen atoms in total. The van der Waals surface area contributed by atoms with Crippen molar-refractivity contribution in [2.24, 2.45) is 11.3 Å². The van der Waals surface area contributed by atoms with Gasteiger partial charge in [-0.15, -0.1) is 0 Å². The highest BCUT2D eigenvalue weighted by Gasteiger charge is 2.25. The molecule has 292 valence electrons. The van der Waals surface area contributed by atoms with E-state index in [-0.39, 0.29) is 54.3 Å². The molecule has 2 amide bonds. The first-order valence-electron chi connectivity index (χ1n) is 17.8. The molecule has 2 rings (SSSR count). The summed E-state index contributed by atoms with van der Waals surface area (Å²) in [6.45, 7) is 22.9. The summed E-state index contributed by atoms with van der Waals surface area (Å²) in [5.41, 5.74) is 1.28. The van der Waals surface area contributed by atoms with Gasteiger partial charge < -0.3 is 39.1 Å². The molecule has 0 heterocycles. The van der Waals surface area contributed by atoms with Crippen molar-refractivity contribution in [1.29, 1.82) is 0 Å². The number of hydrogen-bond donors (Lipinski definition) is 2. The van der Waals surface area contributed by atoms with E-state index in [1.54, 1.807) is 12.1 Å². The summed E-state index contributed by atoms with van der Waals surface area (Å²) in [5.74, 6) is 0.171. The fourth-order valence-electron chi connectivity index (χ4n) is 5.00. The van der Waals surface area contributed by atoms with Gasteiger partial charge in [0.05, 0.1) is 0 Å². The van der Waals surface area contributed by atoms with Crippen LogP contribution in [0, 0.1) is 11.3 Å². The molecule has 0 saturated carbocycles. The second-order valence-corrected chi connectivity index (χ2v) is 15.1. The number of alkyl carbamates (subject to hydrolysis) is 2. The molecular formula is C41H58N2O10. The monoisotopic (exact) mass is 738 g/mol. The fraction of sp³-hybridized carbons (Fsp3) is 0.512. The Balaban J connectivity index is 1.83. The first-order valence-corrected chi connectivity index (χ1v) is 17.8. The molecular weight excluding hydrogens is 680 g/mol. The largest absolute Gasteiger partial charge is 0.490 e. The van der Waals surface area contributed by atoms with E-state index in [2.05, 4.69) is 51.5 Å². The number of carbonyl (C=O) groups excluding carboxylic acids is 4. The van der Waals surface area contributed by atoms with Crippen LogP contribution < -0.4 is 20.1 Å². The Bertz CT molecular complexity index is 1500. The van der Waals surface area contributed by atoms with E-state index in [1.165, 1.54) is 13.8 Å². The molecule has 0 bridgehead atoms. The fourth-order valence-corrected chi connectivity index (χ4v) is 5.00. The van der Waals surface area contributed by atoms with Gasteiger partial charge in [0.2, 0.25) is 0 Å². The number of nitrogens with one attached hydrogen (secondary N) is 2. The van der Waals surface area contributed by atoms with E-state index >= 15 is 0 Å². The molecule has 0 aliphatic rings. The number of benzene rings is 2. The molecule has 0 spiro atoms. The lowest BCUT2D eigenvalue weighted by Gasteiger charge is -2.29. The molecule has 3 unspecified atom stereocenters. The van der Waals surface area contributed by atoms with Gasteiger partial charge in [0.1, 0.15) is 37.9 Å². The third-order valence-corrected chi connectivity index (χ3v) is 7.90. The van der Waals surface area contributed by atoms with Crippen LogP contribution in [-0.2, 0) is 34.0 Å². The van der Waals surface area contributed by atoms with Crippen molar-refractivity contribution in [3.05, 3.63) is 84.5 Å². The first kappa shape index (κ1) is 44.2. The predicted molar refractivity (Wildman–Crippen MR) is 203 cm³/mol. The summed E-state index contributed by atoms with van der Waals surface area (Å²) in [6.07, 6.45) is -1.67. The third-order valence-electron chi connectivity index (χ3n) is 7.90. The summed E-state index contributed by atoms with van der Waals surface area (Å²) in [4.78, 5) is 49.4. The molecule has 0 aliphatic heterocycles. The molecule has 0 radical (unpaired) electrons. The molecule has 0 aliphatic carbocycles. The van der Waals surface area contributed by atoms with Crippen molar-refractivity contribution >= 4 is 24.1 Å². The van der Waals surface area contributed by atoms with Gasteiger partial charge in [-0.05, 0) is 73.3 Å². The molecule has 3 atom stereocenters. The van der Waals surface area contributed by atoms with Crippen LogP contribution in [0.1, 0.15) is 73.8 Å². The Kier molecular flexibility index (Phi) is 17.9. The molecule has 2 aromatic carbocycles. The smallest absolute Gasteiger partial charge is 0.407 e. The van der Waals surface area contributed by atoms with Crippen molar-refractivity contribution < 1.29 is 47.6 Å². The van der Waals surface area contributed by atoms with E-state index < -0.39 is 36.3 Å². The summed E-state index contributed by atoms with van der Waals surface area (Å²) in [7, 11) is 0. The molecule has 0 fully saturated rings.